The average molecular weight is 202 g/mol. The van der Waals surface area contributed by atoms with Crippen LogP contribution in [0.3, 0.4) is 0 Å². The third kappa shape index (κ3) is 2.61. The summed E-state index contributed by atoms with van der Waals surface area (Å²) in [6.07, 6.45) is 1.12. The molecule has 0 bridgehead atoms. The molecule has 1 fully saturated rings. The van der Waals surface area contributed by atoms with E-state index < -0.39 is 0 Å². The van der Waals surface area contributed by atoms with Crippen LogP contribution < -0.4 is 5.73 Å². The van der Waals surface area contributed by atoms with Gasteiger partial charge in [0, 0.05) is 18.3 Å². The maximum atomic E-state index is 11.7. The van der Waals surface area contributed by atoms with Crippen LogP contribution >= 0.6 is 11.8 Å². The second-order valence-corrected chi connectivity index (χ2v) is 4.58. The smallest absolute Gasteiger partial charge is 0.239 e. The Labute approximate surface area is 84.0 Å². The number of carbonyl (C=O) groups is 1. The van der Waals surface area contributed by atoms with E-state index in [4.69, 9.17) is 5.73 Å². The lowest BCUT2D eigenvalue weighted by Crippen LogP contribution is -2.47. The molecule has 13 heavy (non-hydrogen) atoms. The van der Waals surface area contributed by atoms with Crippen molar-refractivity contribution in [2.24, 2.45) is 5.73 Å². The van der Waals surface area contributed by atoms with Crippen LogP contribution in [0.5, 0.6) is 0 Å². The Bertz CT molecular complexity index is 178. The Morgan fingerprint density at radius 2 is 2.46 bits per heavy atom. The standard InChI is InChI=1S/C9H18N2OS/c1-3-11(9(12)7(2)10)8-4-5-13-6-8/h7-8H,3-6,10H2,1-2H3/t7-,8+/m0/s1. The highest BCUT2D eigenvalue weighted by Crippen LogP contribution is 2.22. The number of nitrogens with zero attached hydrogens (tertiary/aromatic N) is 1. The summed E-state index contributed by atoms with van der Waals surface area (Å²) in [5.41, 5.74) is 5.58. The van der Waals surface area contributed by atoms with Gasteiger partial charge < -0.3 is 10.6 Å². The van der Waals surface area contributed by atoms with Crippen molar-refractivity contribution in [2.45, 2.75) is 32.4 Å². The molecule has 1 heterocycles. The zero-order chi connectivity index (χ0) is 9.84. The molecule has 1 aliphatic heterocycles. The van der Waals surface area contributed by atoms with Gasteiger partial charge in [-0.05, 0) is 26.0 Å². The van der Waals surface area contributed by atoms with Gasteiger partial charge in [0.1, 0.15) is 0 Å². The highest BCUT2D eigenvalue weighted by atomic mass is 32.2. The Kier molecular flexibility index (Phi) is 4.06. The first-order valence-electron chi connectivity index (χ1n) is 4.80. The SMILES string of the molecule is CCN(C(=O)[C@H](C)N)[C@@H]1CCSC1. The third-order valence-electron chi connectivity index (χ3n) is 2.36. The van der Waals surface area contributed by atoms with Crippen molar-refractivity contribution in [3.63, 3.8) is 0 Å². The average Bonchev–Trinajstić information content (AvgIpc) is 2.58. The molecule has 0 unspecified atom stereocenters. The van der Waals surface area contributed by atoms with Gasteiger partial charge in [-0.2, -0.15) is 11.8 Å². The molecule has 0 aliphatic carbocycles. The summed E-state index contributed by atoms with van der Waals surface area (Å²) < 4.78 is 0. The quantitative estimate of drug-likeness (QED) is 0.732. The predicted molar refractivity (Wildman–Crippen MR) is 56.8 cm³/mol. The minimum Gasteiger partial charge on any atom is -0.338 e. The van der Waals surface area contributed by atoms with Crippen molar-refractivity contribution in [2.75, 3.05) is 18.1 Å². The molecule has 3 nitrogen and oxygen atoms in total. The minimum atomic E-state index is -0.356. The van der Waals surface area contributed by atoms with Crippen LogP contribution in [0.15, 0.2) is 0 Å². The predicted octanol–water partition coefficient (Wildman–Crippen LogP) is 0.688. The van der Waals surface area contributed by atoms with Crippen LogP contribution in [0.1, 0.15) is 20.3 Å². The molecule has 0 aromatic carbocycles. The second-order valence-electron chi connectivity index (χ2n) is 3.43. The molecule has 0 saturated carbocycles. The van der Waals surface area contributed by atoms with Gasteiger partial charge in [-0.25, -0.2) is 0 Å². The fraction of sp³-hybridized carbons (Fsp3) is 0.889. The van der Waals surface area contributed by atoms with Crippen molar-refractivity contribution in [1.82, 2.24) is 4.90 Å². The molecule has 2 atom stereocenters. The van der Waals surface area contributed by atoms with Crippen LogP contribution in [-0.4, -0.2) is 40.9 Å². The molecule has 0 spiro atoms. The second kappa shape index (κ2) is 4.86. The Balaban J connectivity index is 2.55. The number of amides is 1. The molecule has 1 amide bonds. The van der Waals surface area contributed by atoms with Crippen LogP contribution in [0.4, 0.5) is 0 Å². The molecule has 2 N–H and O–H groups in total. The molecule has 1 saturated heterocycles. The van der Waals surface area contributed by atoms with Crippen LogP contribution in [-0.2, 0) is 4.79 Å². The number of carbonyl (C=O) groups excluding carboxylic acids is 1. The summed E-state index contributed by atoms with van der Waals surface area (Å²) in [5, 5.41) is 0. The minimum absolute atomic E-state index is 0.0926. The Hall–Kier alpha value is -0.220. The van der Waals surface area contributed by atoms with E-state index in [1.54, 1.807) is 6.92 Å². The van der Waals surface area contributed by atoms with Crippen LogP contribution in [0, 0.1) is 0 Å². The van der Waals surface area contributed by atoms with E-state index in [0.717, 1.165) is 18.7 Å². The van der Waals surface area contributed by atoms with E-state index in [9.17, 15) is 4.79 Å². The summed E-state index contributed by atoms with van der Waals surface area (Å²) >= 11 is 1.92. The molecular weight excluding hydrogens is 184 g/mol. The monoisotopic (exact) mass is 202 g/mol. The zero-order valence-corrected chi connectivity index (χ0v) is 9.14. The highest BCUT2D eigenvalue weighted by molar-refractivity contribution is 7.99. The summed E-state index contributed by atoms with van der Waals surface area (Å²) in [4.78, 5) is 13.6. The van der Waals surface area contributed by atoms with Gasteiger partial charge in [-0.3, -0.25) is 4.79 Å². The Morgan fingerprint density at radius 1 is 1.77 bits per heavy atom. The van der Waals surface area contributed by atoms with Gasteiger partial charge in [0.25, 0.3) is 0 Å². The first kappa shape index (κ1) is 10.9. The van der Waals surface area contributed by atoms with Gasteiger partial charge in [0.05, 0.1) is 6.04 Å². The number of hydrogen-bond donors (Lipinski definition) is 1. The fourth-order valence-electron chi connectivity index (χ4n) is 1.62. The maximum absolute atomic E-state index is 11.7. The maximum Gasteiger partial charge on any atom is 0.239 e. The van der Waals surface area contributed by atoms with Crippen molar-refractivity contribution < 1.29 is 4.79 Å². The summed E-state index contributed by atoms with van der Waals surface area (Å²) in [5.74, 6) is 2.34. The van der Waals surface area contributed by atoms with E-state index in [0.29, 0.717) is 6.04 Å². The normalized spacial score (nSPS) is 24.4. The molecule has 4 heteroatoms. The van der Waals surface area contributed by atoms with E-state index >= 15 is 0 Å². The van der Waals surface area contributed by atoms with Gasteiger partial charge in [-0.1, -0.05) is 0 Å². The number of hydrogen-bond acceptors (Lipinski definition) is 3. The molecule has 1 aliphatic rings. The van der Waals surface area contributed by atoms with Gasteiger partial charge in [0.15, 0.2) is 0 Å². The van der Waals surface area contributed by atoms with E-state index in [1.165, 1.54) is 5.75 Å². The number of thioether (sulfide) groups is 1. The van der Waals surface area contributed by atoms with Crippen molar-refractivity contribution in [3.05, 3.63) is 0 Å². The molecule has 1 rings (SSSR count). The van der Waals surface area contributed by atoms with Crippen LogP contribution in [0.25, 0.3) is 0 Å². The van der Waals surface area contributed by atoms with E-state index in [-0.39, 0.29) is 11.9 Å². The topological polar surface area (TPSA) is 46.3 Å². The number of rotatable bonds is 3. The first-order valence-corrected chi connectivity index (χ1v) is 5.96. The molecule has 0 aromatic heterocycles. The zero-order valence-electron chi connectivity index (χ0n) is 8.32. The van der Waals surface area contributed by atoms with E-state index in [2.05, 4.69) is 0 Å². The first-order chi connectivity index (χ1) is 6.16. The number of likely N-dealkylation sites (N-methyl/N-ethyl adjacent to an activating group) is 1. The number of nitrogens with two attached hydrogens (primary N) is 1. The van der Waals surface area contributed by atoms with Gasteiger partial charge in [-0.15, -0.1) is 0 Å². The molecule has 76 valence electrons. The lowest BCUT2D eigenvalue weighted by molar-refractivity contribution is -0.133. The van der Waals surface area contributed by atoms with Crippen LogP contribution in [0.2, 0.25) is 0 Å². The molecule has 0 aromatic rings. The Morgan fingerprint density at radius 3 is 2.85 bits per heavy atom. The lowest BCUT2D eigenvalue weighted by atomic mass is 10.2. The molecular formula is C9H18N2OS. The van der Waals surface area contributed by atoms with Crippen molar-refractivity contribution in [3.8, 4) is 0 Å². The highest BCUT2D eigenvalue weighted by Gasteiger charge is 2.26. The third-order valence-corrected chi connectivity index (χ3v) is 3.50. The van der Waals surface area contributed by atoms with Gasteiger partial charge in [0.2, 0.25) is 5.91 Å². The van der Waals surface area contributed by atoms with E-state index in [1.807, 2.05) is 23.6 Å². The fourth-order valence-corrected chi connectivity index (χ4v) is 2.85. The summed E-state index contributed by atoms with van der Waals surface area (Å²) in [7, 11) is 0. The summed E-state index contributed by atoms with van der Waals surface area (Å²) in [6.45, 7) is 4.56. The van der Waals surface area contributed by atoms with Crippen molar-refractivity contribution >= 4 is 17.7 Å². The molecule has 0 radical (unpaired) electrons. The summed E-state index contributed by atoms with van der Waals surface area (Å²) in [6, 6.07) is 0.0686. The lowest BCUT2D eigenvalue weighted by Gasteiger charge is -2.28. The van der Waals surface area contributed by atoms with Crippen molar-refractivity contribution in [1.29, 1.82) is 0 Å². The largest absolute Gasteiger partial charge is 0.338 e. The van der Waals surface area contributed by atoms with Gasteiger partial charge >= 0.3 is 0 Å².